The number of benzene rings is 2. The standard InChI is InChI=1S/C28H29F3N6O2/c1-15-4-7-18(39-3)12-21(15)35-24-13-22(33-11-10-28(29,30)31)27-34-14-23(37(27)36-24)20-9-8-19(26(32)38)16(2)25(20)17-5-6-17/h4,7-9,12-14,17,33H,5-6,10-11H2,1-3H3,(H2,32,38)(H,35,36). The molecule has 11 heteroatoms. The molecule has 0 bridgehead atoms. The van der Waals surface area contributed by atoms with Crippen molar-refractivity contribution in [3.8, 4) is 17.0 Å². The van der Waals surface area contributed by atoms with Gasteiger partial charge in [-0.1, -0.05) is 12.1 Å². The zero-order valence-corrected chi connectivity index (χ0v) is 21.8. The van der Waals surface area contributed by atoms with Crippen molar-refractivity contribution in [2.45, 2.75) is 45.2 Å². The lowest BCUT2D eigenvalue weighted by Gasteiger charge is -2.16. The normalized spacial score (nSPS) is 13.5. The summed E-state index contributed by atoms with van der Waals surface area (Å²) in [6, 6.07) is 10.7. The Labute approximate surface area is 223 Å². The van der Waals surface area contributed by atoms with E-state index in [0.717, 1.165) is 40.8 Å². The Balaban J connectivity index is 1.64. The minimum atomic E-state index is -4.30. The smallest absolute Gasteiger partial charge is 0.390 e. The Morgan fingerprint density at radius 1 is 1.15 bits per heavy atom. The monoisotopic (exact) mass is 538 g/mol. The predicted octanol–water partition coefficient (Wildman–Crippen LogP) is 6.11. The van der Waals surface area contributed by atoms with Crippen LogP contribution in [0, 0.1) is 13.8 Å². The Hall–Kier alpha value is -4.28. The van der Waals surface area contributed by atoms with E-state index in [1.807, 2.05) is 38.1 Å². The molecule has 1 aliphatic carbocycles. The van der Waals surface area contributed by atoms with Gasteiger partial charge in [0.25, 0.3) is 0 Å². The van der Waals surface area contributed by atoms with Crippen molar-refractivity contribution in [3.63, 3.8) is 0 Å². The summed E-state index contributed by atoms with van der Waals surface area (Å²) in [7, 11) is 1.57. The van der Waals surface area contributed by atoms with Crippen LogP contribution >= 0.6 is 0 Å². The molecule has 2 aromatic carbocycles. The molecule has 1 amide bonds. The number of anilines is 3. The van der Waals surface area contributed by atoms with Gasteiger partial charge >= 0.3 is 6.18 Å². The number of rotatable bonds is 9. The van der Waals surface area contributed by atoms with E-state index in [1.165, 1.54) is 0 Å². The topological polar surface area (TPSA) is 107 Å². The highest BCUT2D eigenvalue weighted by Crippen LogP contribution is 2.47. The first-order valence-electron chi connectivity index (χ1n) is 12.6. The number of primary amides is 1. The fourth-order valence-electron chi connectivity index (χ4n) is 4.80. The van der Waals surface area contributed by atoms with E-state index in [0.29, 0.717) is 34.2 Å². The van der Waals surface area contributed by atoms with Crippen molar-refractivity contribution in [2.24, 2.45) is 5.73 Å². The molecule has 2 aromatic heterocycles. The van der Waals surface area contributed by atoms with Gasteiger partial charge in [-0.25, -0.2) is 9.50 Å². The summed E-state index contributed by atoms with van der Waals surface area (Å²) in [4.78, 5) is 16.5. The van der Waals surface area contributed by atoms with Crippen LogP contribution in [0.3, 0.4) is 0 Å². The highest BCUT2D eigenvalue weighted by Gasteiger charge is 2.31. The molecule has 0 aliphatic heterocycles. The van der Waals surface area contributed by atoms with Crippen molar-refractivity contribution >= 4 is 28.7 Å². The largest absolute Gasteiger partial charge is 0.497 e. The Morgan fingerprint density at radius 2 is 1.92 bits per heavy atom. The van der Waals surface area contributed by atoms with E-state index in [1.54, 1.807) is 30.0 Å². The molecule has 0 spiro atoms. The lowest BCUT2D eigenvalue weighted by atomic mass is 9.92. The van der Waals surface area contributed by atoms with Gasteiger partial charge in [-0.05, 0) is 61.4 Å². The predicted molar refractivity (Wildman–Crippen MR) is 144 cm³/mol. The number of nitrogens with two attached hydrogens (primary N) is 1. The van der Waals surface area contributed by atoms with E-state index in [2.05, 4.69) is 15.6 Å². The molecular weight excluding hydrogens is 509 g/mol. The van der Waals surface area contributed by atoms with Crippen LogP contribution in [0.4, 0.5) is 30.4 Å². The number of nitrogens with one attached hydrogen (secondary N) is 2. The second-order valence-corrected chi connectivity index (χ2v) is 9.76. The van der Waals surface area contributed by atoms with Crippen molar-refractivity contribution < 1.29 is 22.7 Å². The lowest BCUT2D eigenvalue weighted by Crippen LogP contribution is -2.15. The maximum absolute atomic E-state index is 12.9. The van der Waals surface area contributed by atoms with Crippen molar-refractivity contribution in [3.05, 3.63) is 64.8 Å². The second kappa shape index (κ2) is 10.1. The molecule has 0 saturated heterocycles. The number of methoxy groups -OCH3 is 1. The fourth-order valence-corrected chi connectivity index (χ4v) is 4.80. The van der Waals surface area contributed by atoms with Crippen LogP contribution < -0.4 is 21.1 Å². The third-order valence-corrected chi connectivity index (χ3v) is 6.94. The molecule has 5 rings (SSSR count). The van der Waals surface area contributed by atoms with Gasteiger partial charge in [0.2, 0.25) is 5.91 Å². The third-order valence-electron chi connectivity index (χ3n) is 6.94. The Morgan fingerprint density at radius 3 is 2.59 bits per heavy atom. The number of hydrogen-bond donors (Lipinski definition) is 3. The first-order chi connectivity index (χ1) is 18.6. The number of alkyl halides is 3. The summed E-state index contributed by atoms with van der Waals surface area (Å²) in [6.07, 6.45) is -1.65. The lowest BCUT2D eigenvalue weighted by molar-refractivity contribution is -0.131. The van der Waals surface area contributed by atoms with Crippen LogP contribution in [0.25, 0.3) is 16.9 Å². The molecule has 1 saturated carbocycles. The van der Waals surface area contributed by atoms with Crippen LogP contribution in [0.5, 0.6) is 5.75 Å². The van der Waals surface area contributed by atoms with Gasteiger partial charge in [0, 0.05) is 35.5 Å². The molecule has 2 heterocycles. The number of carbonyl (C=O) groups excluding carboxylic acids is 1. The van der Waals surface area contributed by atoms with E-state index in [4.69, 9.17) is 15.6 Å². The van der Waals surface area contributed by atoms with Gasteiger partial charge in [-0.15, -0.1) is 5.10 Å². The summed E-state index contributed by atoms with van der Waals surface area (Å²) in [5.41, 5.74) is 11.9. The number of nitrogens with zero attached hydrogens (tertiary/aromatic N) is 3. The summed E-state index contributed by atoms with van der Waals surface area (Å²) < 4.78 is 45.7. The molecule has 39 heavy (non-hydrogen) atoms. The van der Waals surface area contributed by atoms with Crippen LogP contribution in [0.1, 0.15) is 52.2 Å². The number of imidazole rings is 1. The number of hydrogen-bond acceptors (Lipinski definition) is 6. The molecule has 1 fully saturated rings. The molecule has 4 aromatic rings. The molecule has 0 radical (unpaired) electrons. The van der Waals surface area contributed by atoms with E-state index >= 15 is 0 Å². The Bertz CT molecular complexity index is 1560. The first-order valence-corrected chi connectivity index (χ1v) is 12.6. The second-order valence-electron chi connectivity index (χ2n) is 9.76. The van der Waals surface area contributed by atoms with Crippen LogP contribution in [-0.2, 0) is 0 Å². The van der Waals surface area contributed by atoms with Gasteiger partial charge in [0.15, 0.2) is 11.5 Å². The molecule has 204 valence electrons. The van der Waals surface area contributed by atoms with E-state index in [-0.39, 0.29) is 12.5 Å². The maximum atomic E-state index is 12.9. The summed E-state index contributed by atoms with van der Waals surface area (Å²) in [6.45, 7) is 3.50. The van der Waals surface area contributed by atoms with E-state index in [9.17, 15) is 18.0 Å². The number of amides is 1. The highest BCUT2D eigenvalue weighted by molar-refractivity contribution is 5.96. The van der Waals surface area contributed by atoms with Crippen molar-refractivity contribution in [2.75, 3.05) is 24.3 Å². The Kier molecular flexibility index (Phi) is 6.83. The van der Waals surface area contributed by atoms with Crippen molar-refractivity contribution in [1.82, 2.24) is 14.6 Å². The molecule has 0 unspecified atom stereocenters. The van der Waals surface area contributed by atoms with Gasteiger partial charge in [-0.3, -0.25) is 4.79 Å². The maximum Gasteiger partial charge on any atom is 0.390 e. The molecule has 0 atom stereocenters. The van der Waals surface area contributed by atoms with Crippen molar-refractivity contribution in [1.29, 1.82) is 0 Å². The SMILES string of the molecule is COc1ccc(C)c(Nc2cc(NCCC(F)(F)F)c3ncc(-c4ccc(C(N)=O)c(C)c4C4CC4)n3n2)c1. The zero-order valence-electron chi connectivity index (χ0n) is 21.8. The quantitative estimate of drug-likeness (QED) is 0.238. The van der Waals surface area contributed by atoms with Gasteiger partial charge in [0.05, 0.1) is 31.1 Å². The minimum Gasteiger partial charge on any atom is -0.497 e. The van der Waals surface area contributed by atoms with Crippen LogP contribution in [-0.4, -0.2) is 40.3 Å². The average Bonchev–Trinajstić information content (AvgIpc) is 3.62. The van der Waals surface area contributed by atoms with Gasteiger partial charge in [-0.2, -0.15) is 13.2 Å². The summed E-state index contributed by atoms with van der Waals surface area (Å²) >= 11 is 0. The summed E-state index contributed by atoms with van der Waals surface area (Å²) in [5.74, 6) is 0.852. The molecular formula is C28H29F3N6O2. The molecule has 8 nitrogen and oxygen atoms in total. The molecule has 4 N–H and O–H groups in total. The number of fused-ring (bicyclic) bond motifs is 1. The zero-order chi connectivity index (χ0) is 27.9. The van der Waals surface area contributed by atoms with Gasteiger partial charge < -0.3 is 21.1 Å². The van der Waals surface area contributed by atoms with Crippen LogP contribution in [0.2, 0.25) is 0 Å². The van der Waals surface area contributed by atoms with E-state index < -0.39 is 18.5 Å². The number of ether oxygens (including phenoxy) is 1. The number of aromatic nitrogens is 3. The fraction of sp³-hybridized carbons (Fsp3) is 0.321. The van der Waals surface area contributed by atoms with Crippen LogP contribution in [0.15, 0.2) is 42.6 Å². The average molecular weight is 539 g/mol. The summed E-state index contributed by atoms with van der Waals surface area (Å²) in [5, 5.41) is 10.9. The minimum absolute atomic E-state index is 0.287. The number of aryl methyl sites for hydroxylation is 1. The number of halogens is 3. The number of carbonyl (C=O) groups is 1. The van der Waals surface area contributed by atoms with Gasteiger partial charge in [0.1, 0.15) is 5.75 Å². The third kappa shape index (κ3) is 5.47. The molecule has 1 aliphatic rings. The first kappa shape index (κ1) is 26.3. The highest BCUT2D eigenvalue weighted by atomic mass is 19.4.